The van der Waals surface area contributed by atoms with Gasteiger partial charge in [0.25, 0.3) is 0 Å². The summed E-state index contributed by atoms with van der Waals surface area (Å²) in [5.74, 6) is 1.64. The number of halogens is 1. The zero-order chi connectivity index (χ0) is 21.6. The first-order valence-corrected chi connectivity index (χ1v) is 12.8. The van der Waals surface area contributed by atoms with Crippen molar-refractivity contribution in [1.82, 2.24) is 9.80 Å². The average molecular weight is 431 g/mol. The number of hydrogen-bond donors (Lipinski definition) is 0. The van der Waals surface area contributed by atoms with Crippen LogP contribution < -0.4 is 0 Å². The summed E-state index contributed by atoms with van der Waals surface area (Å²) in [6.45, 7) is 14.1. The van der Waals surface area contributed by atoms with Gasteiger partial charge in [0.15, 0.2) is 0 Å². The lowest BCUT2D eigenvalue weighted by Gasteiger charge is -2.52. The predicted molar refractivity (Wildman–Crippen MR) is 131 cm³/mol. The summed E-state index contributed by atoms with van der Waals surface area (Å²) >= 11 is 6.27. The van der Waals surface area contributed by atoms with E-state index in [1.165, 1.54) is 63.6 Å². The molecule has 2 aliphatic rings. The van der Waals surface area contributed by atoms with E-state index in [4.69, 9.17) is 11.6 Å². The smallest absolute Gasteiger partial charge is 0.0467 e. The Kier molecular flexibility index (Phi) is 8.86. The Morgan fingerprint density at radius 1 is 1.17 bits per heavy atom. The van der Waals surface area contributed by atoms with E-state index < -0.39 is 0 Å². The predicted octanol–water partition coefficient (Wildman–Crippen LogP) is 7.13. The average Bonchev–Trinajstić information content (AvgIpc) is 3.20. The number of rotatable bonds is 9. The van der Waals surface area contributed by atoms with Crippen LogP contribution in [-0.4, -0.2) is 42.0 Å². The van der Waals surface area contributed by atoms with Gasteiger partial charge in [-0.15, -0.1) is 0 Å². The summed E-state index contributed by atoms with van der Waals surface area (Å²) in [7, 11) is 0. The van der Waals surface area contributed by atoms with Crippen LogP contribution in [0.4, 0.5) is 0 Å². The second kappa shape index (κ2) is 11.2. The van der Waals surface area contributed by atoms with E-state index >= 15 is 0 Å². The number of likely N-dealkylation sites (tertiary alicyclic amines) is 1. The summed E-state index contributed by atoms with van der Waals surface area (Å²) in [5, 5.41) is 0.838. The third-order valence-electron chi connectivity index (χ3n) is 7.70. The van der Waals surface area contributed by atoms with Gasteiger partial charge >= 0.3 is 0 Å². The van der Waals surface area contributed by atoms with Crippen LogP contribution in [0.15, 0.2) is 36.4 Å². The molecule has 0 aromatic heterocycles. The van der Waals surface area contributed by atoms with Crippen LogP contribution in [0.2, 0.25) is 5.02 Å². The molecule has 1 saturated carbocycles. The van der Waals surface area contributed by atoms with Gasteiger partial charge in [0, 0.05) is 29.7 Å². The molecule has 1 aliphatic carbocycles. The van der Waals surface area contributed by atoms with Crippen molar-refractivity contribution in [3.63, 3.8) is 0 Å². The highest BCUT2D eigenvalue weighted by atomic mass is 35.5. The van der Waals surface area contributed by atoms with Gasteiger partial charge < -0.3 is 0 Å². The first-order chi connectivity index (χ1) is 14.5. The lowest BCUT2D eigenvalue weighted by Crippen LogP contribution is -2.54. The molecule has 0 radical (unpaired) electrons. The van der Waals surface area contributed by atoms with Gasteiger partial charge in [0.1, 0.15) is 0 Å². The Balaban J connectivity index is 1.84. The topological polar surface area (TPSA) is 6.48 Å². The zero-order valence-corrected chi connectivity index (χ0v) is 20.5. The van der Waals surface area contributed by atoms with Gasteiger partial charge in [-0.2, -0.15) is 0 Å². The number of hydrogen-bond acceptors (Lipinski definition) is 2. The van der Waals surface area contributed by atoms with Crippen molar-refractivity contribution in [3.05, 3.63) is 47.0 Å². The van der Waals surface area contributed by atoms with E-state index in [0.29, 0.717) is 5.92 Å². The molecule has 3 heteroatoms. The highest BCUT2D eigenvalue weighted by Crippen LogP contribution is 2.47. The molecule has 0 amide bonds. The van der Waals surface area contributed by atoms with E-state index in [2.05, 4.69) is 73.9 Å². The monoisotopic (exact) mass is 430 g/mol. The Morgan fingerprint density at radius 2 is 1.93 bits per heavy atom. The van der Waals surface area contributed by atoms with Crippen LogP contribution in [0.25, 0.3) is 0 Å². The molecule has 1 aromatic carbocycles. The number of allylic oxidation sites excluding steroid dienone is 1. The molecule has 1 heterocycles. The summed E-state index contributed by atoms with van der Waals surface area (Å²) in [5.41, 5.74) is 1.58. The minimum Gasteiger partial charge on any atom is -0.300 e. The number of nitrogens with zero attached hydrogens (tertiary/aromatic N) is 2. The van der Waals surface area contributed by atoms with Crippen molar-refractivity contribution < 1.29 is 0 Å². The fourth-order valence-electron chi connectivity index (χ4n) is 6.27. The molecule has 2 nitrogen and oxygen atoms in total. The van der Waals surface area contributed by atoms with Crippen LogP contribution in [-0.2, 0) is 5.54 Å². The molecular formula is C27H43ClN2. The molecule has 0 bridgehead atoms. The minimum absolute atomic E-state index is 0.124. The Hall–Kier alpha value is -0.830. The molecule has 1 aliphatic heterocycles. The van der Waals surface area contributed by atoms with Gasteiger partial charge in [0.05, 0.1) is 0 Å². The third-order valence-corrected chi connectivity index (χ3v) is 7.95. The zero-order valence-electron chi connectivity index (χ0n) is 19.7. The van der Waals surface area contributed by atoms with Gasteiger partial charge in [-0.05, 0) is 88.1 Å². The molecule has 3 rings (SSSR count). The normalized spacial score (nSPS) is 30.5. The van der Waals surface area contributed by atoms with E-state index in [9.17, 15) is 0 Å². The lowest BCUT2D eigenvalue weighted by molar-refractivity contribution is -0.00140. The molecule has 1 saturated heterocycles. The van der Waals surface area contributed by atoms with Crippen molar-refractivity contribution >= 4 is 11.6 Å². The van der Waals surface area contributed by atoms with Crippen molar-refractivity contribution in [3.8, 4) is 0 Å². The second-order valence-electron chi connectivity index (χ2n) is 9.78. The number of benzene rings is 1. The maximum atomic E-state index is 6.27. The molecule has 168 valence electrons. The van der Waals surface area contributed by atoms with Crippen molar-refractivity contribution in [2.45, 2.75) is 84.2 Å². The SMILES string of the molecule is CC=CCN(CCC)C1(c2ccc(Cl)cc2)CCC(N2CCC(CCC)C2)C(C)C1. The fourth-order valence-corrected chi connectivity index (χ4v) is 6.39. The van der Waals surface area contributed by atoms with Gasteiger partial charge in [-0.1, -0.05) is 63.1 Å². The van der Waals surface area contributed by atoms with Crippen molar-refractivity contribution in [2.75, 3.05) is 26.2 Å². The Bertz CT molecular complexity index is 670. The molecule has 4 unspecified atom stereocenters. The van der Waals surface area contributed by atoms with E-state index in [1.807, 2.05) is 0 Å². The van der Waals surface area contributed by atoms with Crippen LogP contribution in [0.5, 0.6) is 0 Å². The van der Waals surface area contributed by atoms with Crippen LogP contribution in [0.1, 0.15) is 78.2 Å². The van der Waals surface area contributed by atoms with Crippen LogP contribution in [0.3, 0.4) is 0 Å². The Labute approximate surface area is 190 Å². The second-order valence-corrected chi connectivity index (χ2v) is 10.2. The van der Waals surface area contributed by atoms with E-state index in [-0.39, 0.29) is 5.54 Å². The maximum Gasteiger partial charge on any atom is 0.0467 e. The lowest BCUT2D eigenvalue weighted by atomic mass is 9.68. The molecule has 0 spiro atoms. The summed E-state index contributed by atoms with van der Waals surface area (Å²) < 4.78 is 0. The molecular weight excluding hydrogens is 388 g/mol. The summed E-state index contributed by atoms with van der Waals surface area (Å²) in [4.78, 5) is 5.60. The maximum absolute atomic E-state index is 6.27. The first kappa shape index (κ1) is 23.8. The summed E-state index contributed by atoms with van der Waals surface area (Å²) in [6, 6.07) is 9.51. The van der Waals surface area contributed by atoms with Crippen LogP contribution in [0, 0.1) is 11.8 Å². The molecule has 30 heavy (non-hydrogen) atoms. The quantitative estimate of drug-likeness (QED) is 0.384. The summed E-state index contributed by atoms with van der Waals surface area (Å²) in [6.07, 6.45) is 13.7. The minimum atomic E-state index is 0.124. The van der Waals surface area contributed by atoms with Crippen molar-refractivity contribution in [1.29, 1.82) is 0 Å². The van der Waals surface area contributed by atoms with Gasteiger partial charge in [0.2, 0.25) is 0 Å². The first-order valence-electron chi connectivity index (χ1n) is 12.4. The molecule has 1 aromatic rings. The van der Waals surface area contributed by atoms with Gasteiger partial charge in [-0.25, -0.2) is 0 Å². The van der Waals surface area contributed by atoms with E-state index in [0.717, 1.165) is 30.1 Å². The van der Waals surface area contributed by atoms with E-state index in [1.54, 1.807) is 0 Å². The standard InChI is InChI=1S/C27H43ClN2/c1-5-8-18-30(17-7-3)27(24-10-12-25(28)13-11-24)16-14-26(22(4)20-27)29-19-15-23(21-29)9-6-2/h5,8,10-13,22-23,26H,6-7,9,14-21H2,1-4H3. The largest absolute Gasteiger partial charge is 0.300 e. The molecule has 0 N–H and O–H groups in total. The Morgan fingerprint density at radius 3 is 2.57 bits per heavy atom. The molecule has 4 atom stereocenters. The highest BCUT2D eigenvalue weighted by molar-refractivity contribution is 6.30. The third kappa shape index (κ3) is 5.31. The van der Waals surface area contributed by atoms with Crippen molar-refractivity contribution in [2.24, 2.45) is 11.8 Å². The fraction of sp³-hybridized carbons (Fsp3) is 0.704. The van der Waals surface area contributed by atoms with Crippen LogP contribution >= 0.6 is 11.6 Å². The molecule has 2 fully saturated rings. The van der Waals surface area contributed by atoms with Gasteiger partial charge in [-0.3, -0.25) is 9.80 Å². The highest BCUT2D eigenvalue weighted by Gasteiger charge is 2.46.